The molecule has 2 aromatic carbocycles. The van der Waals surface area contributed by atoms with Crippen molar-refractivity contribution < 1.29 is 4.79 Å². The highest BCUT2D eigenvalue weighted by molar-refractivity contribution is 5.86. The lowest BCUT2D eigenvalue weighted by Gasteiger charge is -2.17. The smallest absolute Gasteiger partial charge is 0.315 e. The Hall–Kier alpha value is -3.48. The van der Waals surface area contributed by atoms with Gasteiger partial charge in [-0.3, -0.25) is 4.40 Å². The molecule has 0 aliphatic rings. The van der Waals surface area contributed by atoms with Crippen molar-refractivity contribution in [1.82, 2.24) is 30.2 Å². The maximum Gasteiger partial charge on any atom is 0.315 e. The van der Waals surface area contributed by atoms with Crippen molar-refractivity contribution in [1.29, 1.82) is 0 Å². The van der Waals surface area contributed by atoms with Crippen molar-refractivity contribution in [2.75, 3.05) is 0 Å². The lowest BCUT2D eigenvalue weighted by molar-refractivity contribution is 0.237. The molecule has 0 bridgehead atoms. The van der Waals surface area contributed by atoms with E-state index in [4.69, 9.17) is 0 Å². The van der Waals surface area contributed by atoms with Gasteiger partial charge in [0.25, 0.3) is 5.78 Å². The fourth-order valence-corrected chi connectivity index (χ4v) is 3.53. The number of carbonyl (C=O) groups is 1. The quantitative estimate of drug-likeness (QED) is 0.573. The molecular formula is C21H22N6O. The van der Waals surface area contributed by atoms with Crippen LogP contribution in [0.5, 0.6) is 0 Å². The average molecular weight is 374 g/mol. The summed E-state index contributed by atoms with van der Waals surface area (Å²) in [7, 11) is 0. The van der Waals surface area contributed by atoms with Crippen molar-refractivity contribution in [2.24, 2.45) is 0 Å². The molecule has 4 rings (SSSR count). The Morgan fingerprint density at radius 3 is 2.75 bits per heavy atom. The van der Waals surface area contributed by atoms with E-state index < -0.39 is 0 Å². The van der Waals surface area contributed by atoms with Crippen LogP contribution in [0.4, 0.5) is 4.79 Å². The minimum absolute atomic E-state index is 0.132. The number of fused-ring (bicyclic) bond motifs is 2. The van der Waals surface area contributed by atoms with Gasteiger partial charge in [-0.1, -0.05) is 42.5 Å². The fraction of sp³-hybridized carbons (Fsp3) is 0.238. The van der Waals surface area contributed by atoms with E-state index in [2.05, 4.69) is 44.0 Å². The second-order valence-electron chi connectivity index (χ2n) is 6.91. The first-order valence-corrected chi connectivity index (χ1v) is 9.23. The van der Waals surface area contributed by atoms with Crippen LogP contribution in [0.3, 0.4) is 0 Å². The SMILES string of the molecule is Cc1cc(C)n2c(CNC(=O)NC(C)c3cccc4ccccc34)nnc2n1. The highest BCUT2D eigenvalue weighted by atomic mass is 16.2. The molecule has 1 atom stereocenters. The van der Waals surface area contributed by atoms with E-state index in [1.54, 1.807) is 0 Å². The average Bonchev–Trinajstić information content (AvgIpc) is 3.09. The van der Waals surface area contributed by atoms with Crippen LogP contribution in [-0.2, 0) is 6.54 Å². The first-order chi connectivity index (χ1) is 13.5. The van der Waals surface area contributed by atoms with Gasteiger partial charge in [-0.25, -0.2) is 9.78 Å². The number of amides is 2. The summed E-state index contributed by atoms with van der Waals surface area (Å²) in [6.45, 7) is 6.13. The van der Waals surface area contributed by atoms with E-state index in [1.165, 1.54) is 0 Å². The molecule has 0 aliphatic heterocycles. The summed E-state index contributed by atoms with van der Waals surface area (Å²) in [4.78, 5) is 16.8. The van der Waals surface area contributed by atoms with Gasteiger partial charge in [-0.2, -0.15) is 0 Å². The largest absolute Gasteiger partial charge is 0.332 e. The van der Waals surface area contributed by atoms with Crippen LogP contribution >= 0.6 is 0 Å². The molecule has 2 aromatic heterocycles. The molecule has 0 radical (unpaired) electrons. The second kappa shape index (κ2) is 7.26. The van der Waals surface area contributed by atoms with Crippen LogP contribution in [0.1, 0.15) is 35.7 Å². The molecule has 1 unspecified atom stereocenters. The molecule has 0 fully saturated rings. The highest BCUT2D eigenvalue weighted by Crippen LogP contribution is 2.23. The Morgan fingerprint density at radius 2 is 1.89 bits per heavy atom. The number of hydrogen-bond donors (Lipinski definition) is 2. The zero-order valence-electron chi connectivity index (χ0n) is 16.1. The van der Waals surface area contributed by atoms with Crippen LogP contribution in [0.25, 0.3) is 16.6 Å². The molecule has 2 amide bonds. The van der Waals surface area contributed by atoms with Gasteiger partial charge < -0.3 is 10.6 Å². The van der Waals surface area contributed by atoms with E-state index in [9.17, 15) is 4.79 Å². The minimum atomic E-state index is -0.255. The number of urea groups is 1. The van der Waals surface area contributed by atoms with Gasteiger partial charge >= 0.3 is 6.03 Å². The summed E-state index contributed by atoms with van der Waals surface area (Å²) in [5.74, 6) is 1.19. The van der Waals surface area contributed by atoms with E-state index in [0.717, 1.165) is 27.7 Å². The summed E-state index contributed by atoms with van der Waals surface area (Å²) < 4.78 is 1.85. The molecular weight excluding hydrogens is 352 g/mol. The fourth-order valence-electron chi connectivity index (χ4n) is 3.53. The second-order valence-corrected chi connectivity index (χ2v) is 6.91. The van der Waals surface area contributed by atoms with Gasteiger partial charge in [0.2, 0.25) is 0 Å². The van der Waals surface area contributed by atoms with Crippen molar-refractivity contribution in [3.8, 4) is 0 Å². The molecule has 0 aliphatic carbocycles. The summed E-state index contributed by atoms with van der Waals surface area (Å²) >= 11 is 0. The van der Waals surface area contributed by atoms with Crippen molar-refractivity contribution in [3.05, 3.63) is 71.3 Å². The van der Waals surface area contributed by atoms with Crippen LogP contribution in [0.15, 0.2) is 48.5 Å². The van der Waals surface area contributed by atoms with E-state index in [0.29, 0.717) is 11.6 Å². The van der Waals surface area contributed by atoms with Crippen LogP contribution < -0.4 is 10.6 Å². The number of nitrogens with zero attached hydrogens (tertiary/aromatic N) is 4. The lowest BCUT2D eigenvalue weighted by Crippen LogP contribution is -2.37. The molecule has 4 aromatic rings. The van der Waals surface area contributed by atoms with E-state index in [-0.39, 0.29) is 18.6 Å². The number of nitrogens with one attached hydrogen (secondary N) is 2. The molecule has 7 heteroatoms. The lowest BCUT2D eigenvalue weighted by atomic mass is 10.00. The molecule has 0 spiro atoms. The van der Waals surface area contributed by atoms with Gasteiger partial charge in [0.15, 0.2) is 5.82 Å². The molecule has 0 saturated carbocycles. The van der Waals surface area contributed by atoms with Crippen molar-refractivity contribution in [3.63, 3.8) is 0 Å². The van der Waals surface area contributed by atoms with Gasteiger partial charge in [-0.15, -0.1) is 10.2 Å². The third-order valence-corrected chi connectivity index (χ3v) is 4.80. The first kappa shape index (κ1) is 17.9. The Morgan fingerprint density at radius 1 is 1.11 bits per heavy atom. The number of aromatic nitrogens is 4. The summed E-state index contributed by atoms with van der Waals surface area (Å²) in [6.07, 6.45) is 0. The van der Waals surface area contributed by atoms with Crippen molar-refractivity contribution in [2.45, 2.75) is 33.4 Å². The topological polar surface area (TPSA) is 84.2 Å². The number of benzene rings is 2. The number of aryl methyl sites for hydroxylation is 2. The summed E-state index contributed by atoms with van der Waals surface area (Å²) in [5, 5.41) is 16.4. The molecule has 0 saturated heterocycles. The van der Waals surface area contributed by atoms with Crippen molar-refractivity contribution >= 4 is 22.6 Å². The zero-order chi connectivity index (χ0) is 19.7. The first-order valence-electron chi connectivity index (χ1n) is 9.23. The number of carbonyl (C=O) groups excluding carboxylic acids is 1. The Labute approximate surface area is 162 Å². The normalized spacial score (nSPS) is 12.2. The number of hydrogen-bond acceptors (Lipinski definition) is 4. The molecule has 7 nitrogen and oxygen atoms in total. The zero-order valence-corrected chi connectivity index (χ0v) is 16.1. The maximum absolute atomic E-state index is 12.4. The minimum Gasteiger partial charge on any atom is -0.332 e. The maximum atomic E-state index is 12.4. The Kier molecular flexibility index (Phi) is 4.65. The van der Waals surface area contributed by atoms with Crippen LogP contribution in [0.2, 0.25) is 0 Å². The predicted molar refractivity (Wildman–Crippen MR) is 108 cm³/mol. The van der Waals surface area contributed by atoms with Gasteiger partial charge in [0.1, 0.15) is 0 Å². The third kappa shape index (κ3) is 3.38. The molecule has 28 heavy (non-hydrogen) atoms. The van der Waals surface area contributed by atoms with E-state index >= 15 is 0 Å². The van der Waals surface area contributed by atoms with Crippen LogP contribution in [0, 0.1) is 13.8 Å². The van der Waals surface area contributed by atoms with Gasteiger partial charge in [-0.05, 0) is 43.2 Å². The molecule has 2 heterocycles. The van der Waals surface area contributed by atoms with Gasteiger partial charge in [0.05, 0.1) is 12.6 Å². The Bertz CT molecular complexity index is 1160. The predicted octanol–water partition coefficient (Wildman–Crippen LogP) is 3.45. The molecule has 2 N–H and O–H groups in total. The Balaban J connectivity index is 1.46. The van der Waals surface area contributed by atoms with Crippen LogP contribution in [-0.4, -0.2) is 25.6 Å². The third-order valence-electron chi connectivity index (χ3n) is 4.80. The van der Waals surface area contributed by atoms with Gasteiger partial charge in [0, 0.05) is 11.4 Å². The monoisotopic (exact) mass is 374 g/mol. The summed E-state index contributed by atoms with van der Waals surface area (Å²) in [6, 6.07) is 15.8. The molecule has 142 valence electrons. The standard InChI is InChI=1S/C21H22N6O/c1-13-11-14(2)27-19(25-26-20(27)23-13)12-22-21(28)24-15(3)17-10-6-8-16-7-4-5-9-18(16)17/h4-11,15H,12H2,1-3H3,(H2,22,24,28). The summed E-state index contributed by atoms with van der Waals surface area (Å²) in [5.41, 5.74) is 2.95. The highest BCUT2D eigenvalue weighted by Gasteiger charge is 2.14. The van der Waals surface area contributed by atoms with E-state index in [1.807, 2.05) is 55.5 Å². The number of rotatable bonds is 4.